The highest BCUT2D eigenvalue weighted by molar-refractivity contribution is 5.94. The molecule has 0 bridgehead atoms. The molecule has 0 aromatic heterocycles. The minimum atomic E-state index is -0.187. The molecule has 1 aromatic carbocycles. The van der Waals surface area contributed by atoms with Crippen molar-refractivity contribution in [3.05, 3.63) is 29.8 Å². The average molecular weight is 289 g/mol. The van der Waals surface area contributed by atoms with Crippen molar-refractivity contribution in [3.8, 4) is 0 Å². The van der Waals surface area contributed by atoms with Gasteiger partial charge in [0, 0.05) is 25.7 Å². The van der Waals surface area contributed by atoms with E-state index in [1.807, 2.05) is 12.1 Å². The molecule has 6 nitrogen and oxygen atoms in total. The quantitative estimate of drug-likeness (QED) is 0.751. The van der Waals surface area contributed by atoms with Gasteiger partial charge in [0.1, 0.15) is 0 Å². The van der Waals surface area contributed by atoms with Crippen LogP contribution in [-0.2, 0) is 20.8 Å². The highest BCUT2D eigenvalue weighted by Gasteiger charge is 2.24. The summed E-state index contributed by atoms with van der Waals surface area (Å²) in [7, 11) is 1.60. The maximum Gasteiger partial charge on any atom is 0.229 e. The van der Waals surface area contributed by atoms with Gasteiger partial charge in [-0.05, 0) is 24.1 Å². The third-order valence-corrected chi connectivity index (χ3v) is 3.50. The van der Waals surface area contributed by atoms with Crippen LogP contribution in [0.1, 0.15) is 18.4 Å². The molecule has 1 fully saturated rings. The number of anilines is 1. The molecular formula is C15H19N3O3. The number of piperidine rings is 1. The molecule has 3 N–H and O–H groups in total. The van der Waals surface area contributed by atoms with Gasteiger partial charge in [0.05, 0.1) is 12.3 Å². The number of amides is 3. The van der Waals surface area contributed by atoms with Crippen LogP contribution in [0.2, 0.25) is 0 Å². The van der Waals surface area contributed by atoms with E-state index in [1.165, 1.54) is 0 Å². The number of benzene rings is 1. The first kappa shape index (κ1) is 15.0. The number of nitrogens with one attached hydrogen (secondary N) is 3. The topological polar surface area (TPSA) is 87.3 Å². The van der Waals surface area contributed by atoms with E-state index in [1.54, 1.807) is 19.2 Å². The van der Waals surface area contributed by atoms with Gasteiger partial charge in [0.25, 0.3) is 0 Å². The zero-order chi connectivity index (χ0) is 15.2. The first-order valence-corrected chi connectivity index (χ1v) is 6.95. The second-order valence-corrected chi connectivity index (χ2v) is 5.08. The Morgan fingerprint density at radius 2 is 2.00 bits per heavy atom. The van der Waals surface area contributed by atoms with Gasteiger partial charge in [-0.25, -0.2) is 0 Å². The molecule has 1 aromatic rings. The first-order valence-electron chi connectivity index (χ1n) is 6.95. The van der Waals surface area contributed by atoms with E-state index in [0.29, 0.717) is 31.5 Å². The molecule has 1 atom stereocenters. The second kappa shape index (κ2) is 6.88. The molecule has 2 rings (SSSR count). The molecule has 1 unspecified atom stereocenters. The molecule has 1 aliphatic rings. The summed E-state index contributed by atoms with van der Waals surface area (Å²) in [5, 5.41) is 8.09. The lowest BCUT2D eigenvalue weighted by molar-refractivity contribution is -0.126. The average Bonchev–Trinajstić information content (AvgIpc) is 2.49. The van der Waals surface area contributed by atoms with E-state index in [4.69, 9.17) is 0 Å². The van der Waals surface area contributed by atoms with Crippen LogP contribution in [0.25, 0.3) is 0 Å². The van der Waals surface area contributed by atoms with E-state index in [2.05, 4.69) is 16.0 Å². The second-order valence-electron chi connectivity index (χ2n) is 5.08. The lowest BCUT2D eigenvalue weighted by Crippen LogP contribution is -2.40. The normalized spacial score (nSPS) is 17.8. The molecule has 3 amide bonds. The zero-order valence-electron chi connectivity index (χ0n) is 11.9. The van der Waals surface area contributed by atoms with Crippen LogP contribution < -0.4 is 16.0 Å². The molecule has 6 heteroatoms. The Balaban J connectivity index is 1.89. The third kappa shape index (κ3) is 4.30. The molecule has 0 spiro atoms. The fourth-order valence-corrected chi connectivity index (χ4v) is 2.18. The Morgan fingerprint density at radius 3 is 2.57 bits per heavy atom. The van der Waals surface area contributed by atoms with Gasteiger partial charge < -0.3 is 16.0 Å². The van der Waals surface area contributed by atoms with Gasteiger partial charge in [-0.3, -0.25) is 14.4 Å². The van der Waals surface area contributed by atoms with Gasteiger partial charge in [-0.15, -0.1) is 0 Å². The fraction of sp³-hybridized carbons (Fsp3) is 0.400. The van der Waals surface area contributed by atoms with Crippen LogP contribution in [0.3, 0.4) is 0 Å². The molecular weight excluding hydrogens is 270 g/mol. The summed E-state index contributed by atoms with van der Waals surface area (Å²) in [5.41, 5.74) is 1.58. The number of carbonyl (C=O) groups excluding carboxylic acids is 3. The van der Waals surface area contributed by atoms with Crippen molar-refractivity contribution in [2.24, 2.45) is 5.92 Å². The van der Waals surface area contributed by atoms with Crippen LogP contribution in [-0.4, -0.2) is 31.3 Å². The summed E-state index contributed by atoms with van der Waals surface area (Å²) >= 11 is 0. The van der Waals surface area contributed by atoms with Crippen molar-refractivity contribution in [1.82, 2.24) is 10.6 Å². The predicted molar refractivity (Wildman–Crippen MR) is 78.6 cm³/mol. The van der Waals surface area contributed by atoms with E-state index < -0.39 is 0 Å². The van der Waals surface area contributed by atoms with Crippen molar-refractivity contribution in [2.45, 2.75) is 19.3 Å². The highest BCUT2D eigenvalue weighted by Crippen LogP contribution is 2.15. The summed E-state index contributed by atoms with van der Waals surface area (Å²) in [5.74, 6) is -0.329. The number of hydrogen-bond acceptors (Lipinski definition) is 3. The van der Waals surface area contributed by atoms with E-state index in [-0.39, 0.29) is 23.6 Å². The summed E-state index contributed by atoms with van der Waals surface area (Å²) in [6.45, 7) is 0.388. The summed E-state index contributed by atoms with van der Waals surface area (Å²) < 4.78 is 0. The Hall–Kier alpha value is -2.37. The molecule has 0 saturated carbocycles. The van der Waals surface area contributed by atoms with E-state index in [0.717, 1.165) is 5.56 Å². The van der Waals surface area contributed by atoms with Gasteiger partial charge in [0.2, 0.25) is 17.7 Å². The molecule has 1 saturated heterocycles. The molecule has 112 valence electrons. The van der Waals surface area contributed by atoms with Crippen LogP contribution in [0.4, 0.5) is 5.69 Å². The molecule has 21 heavy (non-hydrogen) atoms. The van der Waals surface area contributed by atoms with E-state index >= 15 is 0 Å². The van der Waals surface area contributed by atoms with Crippen molar-refractivity contribution in [1.29, 1.82) is 0 Å². The largest absolute Gasteiger partial charge is 0.359 e. The van der Waals surface area contributed by atoms with Crippen LogP contribution in [0.5, 0.6) is 0 Å². The third-order valence-electron chi connectivity index (χ3n) is 3.50. The molecule has 1 aliphatic heterocycles. The number of likely N-dealkylation sites (N-methyl/N-ethyl adjacent to an activating group) is 1. The Labute approximate surface area is 123 Å². The summed E-state index contributed by atoms with van der Waals surface area (Å²) in [6.07, 6.45) is 1.29. The first-order chi connectivity index (χ1) is 10.1. The Bertz CT molecular complexity index is 530. The van der Waals surface area contributed by atoms with Crippen molar-refractivity contribution in [3.63, 3.8) is 0 Å². The Morgan fingerprint density at radius 1 is 1.29 bits per heavy atom. The minimum absolute atomic E-state index is 0.00222. The van der Waals surface area contributed by atoms with Gasteiger partial charge in [0.15, 0.2) is 0 Å². The summed E-state index contributed by atoms with van der Waals surface area (Å²) in [6, 6.07) is 7.18. The molecule has 1 heterocycles. The number of rotatable bonds is 4. The monoisotopic (exact) mass is 289 g/mol. The molecule has 0 radical (unpaired) electrons. The number of carbonyl (C=O) groups is 3. The standard InChI is InChI=1S/C15H19N3O3/c1-16-14(20)8-10-2-5-12(6-3-10)18-15(21)11-4-7-13(19)17-9-11/h2-3,5-6,11H,4,7-9H2,1H3,(H,16,20)(H,17,19)(H,18,21). The van der Waals surface area contributed by atoms with Gasteiger partial charge in [-0.2, -0.15) is 0 Å². The SMILES string of the molecule is CNC(=O)Cc1ccc(NC(=O)C2CCC(=O)NC2)cc1. The zero-order valence-corrected chi connectivity index (χ0v) is 11.9. The van der Waals surface area contributed by atoms with Crippen LogP contribution >= 0.6 is 0 Å². The van der Waals surface area contributed by atoms with Crippen LogP contribution in [0, 0.1) is 5.92 Å². The fourth-order valence-electron chi connectivity index (χ4n) is 2.18. The van der Waals surface area contributed by atoms with Crippen molar-refractivity contribution >= 4 is 23.4 Å². The molecule has 0 aliphatic carbocycles. The maximum absolute atomic E-state index is 12.1. The van der Waals surface area contributed by atoms with Gasteiger partial charge >= 0.3 is 0 Å². The maximum atomic E-state index is 12.1. The lowest BCUT2D eigenvalue weighted by Gasteiger charge is -2.21. The van der Waals surface area contributed by atoms with Crippen molar-refractivity contribution < 1.29 is 14.4 Å². The lowest BCUT2D eigenvalue weighted by atomic mass is 9.98. The Kier molecular flexibility index (Phi) is 4.92. The van der Waals surface area contributed by atoms with Crippen LogP contribution in [0.15, 0.2) is 24.3 Å². The smallest absolute Gasteiger partial charge is 0.229 e. The van der Waals surface area contributed by atoms with Gasteiger partial charge in [-0.1, -0.05) is 12.1 Å². The summed E-state index contributed by atoms with van der Waals surface area (Å²) in [4.78, 5) is 34.4. The predicted octanol–water partition coefficient (Wildman–Crippen LogP) is 0.440. The minimum Gasteiger partial charge on any atom is -0.359 e. The highest BCUT2D eigenvalue weighted by atomic mass is 16.2. The number of hydrogen-bond donors (Lipinski definition) is 3. The van der Waals surface area contributed by atoms with E-state index in [9.17, 15) is 14.4 Å². The van der Waals surface area contributed by atoms with Crippen molar-refractivity contribution in [2.75, 3.05) is 18.9 Å².